The zero-order valence-corrected chi connectivity index (χ0v) is 10.6. The second-order valence-corrected chi connectivity index (χ2v) is 4.64. The Labute approximate surface area is 109 Å². The molecule has 5 N–H and O–H groups in total. The van der Waals surface area contributed by atoms with E-state index in [1.807, 2.05) is 5.32 Å². The highest BCUT2D eigenvalue weighted by molar-refractivity contribution is 7.80. The molecule has 1 amide bonds. The van der Waals surface area contributed by atoms with Gasteiger partial charge in [-0.05, 0) is 0 Å². The molecule has 0 aliphatic heterocycles. The molecule has 0 fully saturated rings. The summed E-state index contributed by atoms with van der Waals surface area (Å²) in [6.45, 7) is -0.0164. The summed E-state index contributed by atoms with van der Waals surface area (Å²) in [5.74, 6) is -0.681. The van der Waals surface area contributed by atoms with Gasteiger partial charge in [-0.2, -0.15) is 8.42 Å². The second-order valence-electron chi connectivity index (χ2n) is 3.59. The molecule has 0 heterocycles. The van der Waals surface area contributed by atoms with E-state index < -0.39 is 47.3 Å². The molecule has 0 saturated heterocycles. The van der Waals surface area contributed by atoms with E-state index in [9.17, 15) is 28.2 Å². The number of nitrogens with one attached hydrogen (secondary N) is 1. The first-order valence-electron chi connectivity index (χ1n) is 4.97. The molecule has 0 radical (unpaired) electrons. The number of aldehydes is 1. The normalized spacial score (nSPS) is 18.2. The van der Waals surface area contributed by atoms with Gasteiger partial charge in [0.2, 0.25) is 5.91 Å². The van der Waals surface area contributed by atoms with Crippen LogP contribution in [0.4, 0.5) is 0 Å². The van der Waals surface area contributed by atoms with Crippen molar-refractivity contribution in [3.63, 3.8) is 0 Å². The van der Waals surface area contributed by atoms with E-state index in [2.05, 4.69) is 4.18 Å². The lowest BCUT2D eigenvalue weighted by atomic mass is 10.0. The highest BCUT2D eigenvalue weighted by Crippen LogP contribution is 2.09. The van der Waals surface area contributed by atoms with Crippen LogP contribution in [0, 0.1) is 0 Å². The van der Waals surface area contributed by atoms with Crippen LogP contribution >= 0.6 is 0 Å². The average Bonchev–Trinajstić information content (AvgIpc) is 2.29. The lowest BCUT2D eigenvalue weighted by Gasteiger charge is -2.27. The Morgan fingerprint density at radius 1 is 1.37 bits per heavy atom. The number of carbonyl (C=O) groups is 2. The summed E-state index contributed by atoms with van der Waals surface area (Å²) in [5.41, 5.74) is 0. The van der Waals surface area contributed by atoms with Gasteiger partial charge in [0.1, 0.15) is 30.6 Å². The molecular weight excluding hydrogens is 286 g/mol. The molecule has 10 nitrogen and oxygen atoms in total. The molecule has 0 saturated carbocycles. The van der Waals surface area contributed by atoms with Crippen molar-refractivity contribution in [3.05, 3.63) is 0 Å². The second kappa shape index (κ2) is 7.47. The van der Waals surface area contributed by atoms with Gasteiger partial charge in [0, 0.05) is 6.92 Å². The predicted octanol–water partition coefficient (Wildman–Crippen LogP) is -3.41. The van der Waals surface area contributed by atoms with Crippen molar-refractivity contribution in [2.75, 3.05) is 6.61 Å². The summed E-state index contributed by atoms with van der Waals surface area (Å²) < 4.78 is 33.2. The zero-order valence-electron chi connectivity index (χ0n) is 9.83. The maximum Gasteiger partial charge on any atom is 0.397 e. The molecule has 0 rings (SSSR count). The van der Waals surface area contributed by atoms with Gasteiger partial charge < -0.3 is 25.4 Å². The Morgan fingerprint density at radius 2 is 1.89 bits per heavy atom. The molecule has 4 atom stereocenters. The molecule has 11 heteroatoms. The summed E-state index contributed by atoms with van der Waals surface area (Å²) in [6, 6.07) is -1.54. The van der Waals surface area contributed by atoms with E-state index in [0.717, 1.165) is 6.92 Å². The Bertz CT molecular complexity index is 408. The van der Waals surface area contributed by atoms with Gasteiger partial charge in [-0.15, -0.1) is 0 Å². The van der Waals surface area contributed by atoms with E-state index in [1.165, 1.54) is 0 Å². The van der Waals surface area contributed by atoms with Crippen LogP contribution in [0.3, 0.4) is 0 Å². The summed E-state index contributed by atoms with van der Waals surface area (Å²) in [4.78, 5) is 21.4. The van der Waals surface area contributed by atoms with Crippen LogP contribution in [0.2, 0.25) is 0 Å². The number of carbonyl (C=O) groups excluding carboxylic acids is 2. The van der Waals surface area contributed by atoms with Gasteiger partial charge in [0.15, 0.2) is 0 Å². The Balaban J connectivity index is 4.87. The molecule has 0 unspecified atom stereocenters. The molecule has 19 heavy (non-hydrogen) atoms. The minimum absolute atomic E-state index is 0.108. The first-order chi connectivity index (χ1) is 8.62. The SMILES string of the molecule is CC(=O)N[C@@H](C=O)[C@@H](O)[C@@H](O)[C@@H](CO)OS(=O)(=O)O. The van der Waals surface area contributed by atoms with Crippen LogP contribution in [0.5, 0.6) is 0 Å². The molecular formula is C8H15NO9S. The van der Waals surface area contributed by atoms with Gasteiger partial charge in [0.25, 0.3) is 0 Å². The maximum atomic E-state index is 10.7. The van der Waals surface area contributed by atoms with Gasteiger partial charge in [-0.1, -0.05) is 0 Å². The van der Waals surface area contributed by atoms with Crippen LogP contribution < -0.4 is 5.32 Å². The lowest BCUT2D eigenvalue weighted by molar-refractivity contribution is -0.128. The minimum Gasteiger partial charge on any atom is -0.394 e. The Morgan fingerprint density at radius 3 is 2.21 bits per heavy atom. The fourth-order valence-electron chi connectivity index (χ4n) is 1.22. The van der Waals surface area contributed by atoms with Crippen LogP contribution in [-0.4, -0.2) is 71.4 Å². The summed E-state index contributed by atoms with van der Waals surface area (Å²) in [7, 11) is -4.98. The number of aliphatic hydroxyl groups excluding tert-OH is 3. The summed E-state index contributed by atoms with van der Waals surface area (Å²) in [5, 5.41) is 29.9. The van der Waals surface area contributed by atoms with Crippen molar-refractivity contribution in [2.24, 2.45) is 0 Å². The van der Waals surface area contributed by atoms with Crippen molar-refractivity contribution in [1.29, 1.82) is 0 Å². The van der Waals surface area contributed by atoms with Crippen molar-refractivity contribution in [3.8, 4) is 0 Å². The third-order valence-electron chi connectivity index (χ3n) is 2.04. The number of rotatable bonds is 8. The number of hydrogen-bond donors (Lipinski definition) is 5. The van der Waals surface area contributed by atoms with Crippen LogP contribution in [0.1, 0.15) is 6.92 Å². The first kappa shape index (κ1) is 17.9. The Kier molecular flexibility index (Phi) is 7.04. The summed E-state index contributed by atoms with van der Waals surface area (Å²) in [6.07, 6.45) is -5.78. The van der Waals surface area contributed by atoms with Gasteiger partial charge in [0.05, 0.1) is 6.61 Å². The largest absolute Gasteiger partial charge is 0.397 e. The standard InChI is InChI=1S/C8H15NO9S/c1-4(12)9-5(2-10)7(13)8(14)6(3-11)18-19(15,16)17/h2,5-8,11,13-14H,3H2,1H3,(H,9,12)(H,15,16,17)/t5-,6+,7+,8-/m0/s1. The van der Waals surface area contributed by atoms with Crippen LogP contribution in [0.25, 0.3) is 0 Å². The minimum atomic E-state index is -4.98. The van der Waals surface area contributed by atoms with E-state index in [-0.39, 0.29) is 6.29 Å². The first-order valence-corrected chi connectivity index (χ1v) is 6.34. The number of amides is 1. The highest BCUT2D eigenvalue weighted by atomic mass is 32.3. The van der Waals surface area contributed by atoms with E-state index >= 15 is 0 Å². The van der Waals surface area contributed by atoms with E-state index in [0.29, 0.717) is 0 Å². The third kappa shape index (κ3) is 6.56. The Hall–Kier alpha value is -1.11. The van der Waals surface area contributed by atoms with Crippen molar-refractivity contribution < 1.29 is 42.1 Å². The molecule has 0 aliphatic rings. The highest BCUT2D eigenvalue weighted by Gasteiger charge is 2.35. The molecule has 112 valence electrons. The molecule has 0 aromatic heterocycles. The van der Waals surface area contributed by atoms with Gasteiger partial charge in [-0.3, -0.25) is 9.35 Å². The van der Waals surface area contributed by atoms with Gasteiger partial charge >= 0.3 is 10.4 Å². The van der Waals surface area contributed by atoms with Gasteiger partial charge in [-0.25, -0.2) is 4.18 Å². The van der Waals surface area contributed by atoms with Crippen LogP contribution in [-0.2, 0) is 24.2 Å². The monoisotopic (exact) mass is 301 g/mol. The summed E-state index contributed by atoms with van der Waals surface area (Å²) >= 11 is 0. The van der Waals surface area contributed by atoms with E-state index in [1.54, 1.807) is 0 Å². The maximum absolute atomic E-state index is 10.7. The topological polar surface area (TPSA) is 170 Å². The van der Waals surface area contributed by atoms with Crippen LogP contribution in [0.15, 0.2) is 0 Å². The molecule has 0 spiro atoms. The fourth-order valence-corrected chi connectivity index (χ4v) is 1.71. The number of hydrogen-bond acceptors (Lipinski definition) is 8. The smallest absolute Gasteiger partial charge is 0.394 e. The zero-order chi connectivity index (χ0) is 15.2. The average molecular weight is 301 g/mol. The fraction of sp³-hybridized carbons (Fsp3) is 0.750. The molecule has 0 aromatic carbocycles. The van der Waals surface area contributed by atoms with Crippen molar-refractivity contribution in [1.82, 2.24) is 5.32 Å². The predicted molar refractivity (Wildman–Crippen MR) is 59.2 cm³/mol. The lowest BCUT2D eigenvalue weighted by Crippen LogP contribution is -2.53. The number of aliphatic hydroxyl groups is 3. The van der Waals surface area contributed by atoms with E-state index in [4.69, 9.17) is 9.66 Å². The van der Waals surface area contributed by atoms with Crippen molar-refractivity contribution in [2.45, 2.75) is 31.3 Å². The molecule has 0 aliphatic carbocycles. The molecule has 0 aromatic rings. The molecule has 0 bridgehead atoms. The third-order valence-corrected chi connectivity index (χ3v) is 2.53. The van der Waals surface area contributed by atoms with Crippen molar-refractivity contribution >= 4 is 22.6 Å². The quantitative estimate of drug-likeness (QED) is 0.226.